The molecule has 0 saturated heterocycles. The molecule has 0 aliphatic carbocycles. The Morgan fingerprint density at radius 3 is 2.70 bits per heavy atom. The molecule has 2 heterocycles. The van der Waals surface area contributed by atoms with Crippen molar-refractivity contribution in [2.24, 2.45) is 0 Å². The number of rotatable bonds is 5. The molecule has 1 amide bonds. The zero-order chi connectivity index (χ0) is 20.5. The zero-order valence-corrected chi connectivity index (χ0v) is 17.4. The smallest absolute Gasteiger partial charge is 0.229 e. The third kappa shape index (κ3) is 3.44. The number of ether oxygens (including phenoxy) is 1. The monoisotopic (exact) mass is 415 g/mol. The lowest BCUT2D eigenvalue weighted by Gasteiger charge is -2.12. The number of amides is 1. The molecule has 1 aliphatic heterocycles. The SMILES string of the molecule is COc1ccc(-n2nc3c(c2NC(=O)Cc2cccc4ccccc24)CSC3)cc1. The molecular weight excluding hydrogens is 394 g/mol. The van der Waals surface area contributed by atoms with E-state index in [0.29, 0.717) is 6.42 Å². The van der Waals surface area contributed by atoms with Gasteiger partial charge < -0.3 is 10.1 Å². The summed E-state index contributed by atoms with van der Waals surface area (Å²) in [6.45, 7) is 0. The number of nitrogens with one attached hydrogen (secondary N) is 1. The molecule has 5 nitrogen and oxygen atoms in total. The Hall–Kier alpha value is -3.25. The lowest BCUT2D eigenvalue weighted by molar-refractivity contribution is -0.115. The van der Waals surface area contributed by atoms with E-state index in [1.807, 2.05) is 65.0 Å². The van der Waals surface area contributed by atoms with Crippen molar-refractivity contribution in [3.8, 4) is 11.4 Å². The van der Waals surface area contributed by atoms with E-state index in [4.69, 9.17) is 9.84 Å². The highest BCUT2D eigenvalue weighted by Crippen LogP contribution is 2.36. The van der Waals surface area contributed by atoms with Crippen LogP contribution < -0.4 is 10.1 Å². The molecule has 1 aromatic heterocycles. The van der Waals surface area contributed by atoms with E-state index in [2.05, 4.69) is 23.5 Å². The van der Waals surface area contributed by atoms with Crippen LogP contribution in [-0.2, 0) is 22.7 Å². The lowest BCUT2D eigenvalue weighted by atomic mass is 10.0. The van der Waals surface area contributed by atoms with E-state index < -0.39 is 0 Å². The largest absolute Gasteiger partial charge is 0.497 e. The number of carbonyl (C=O) groups excluding carboxylic acids is 1. The molecule has 0 spiro atoms. The molecule has 150 valence electrons. The zero-order valence-electron chi connectivity index (χ0n) is 16.6. The van der Waals surface area contributed by atoms with E-state index in [1.54, 1.807) is 7.11 Å². The number of nitrogens with zero attached hydrogens (tertiary/aromatic N) is 2. The molecule has 0 saturated carbocycles. The van der Waals surface area contributed by atoms with E-state index >= 15 is 0 Å². The Balaban J connectivity index is 1.46. The average molecular weight is 416 g/mol. The highest BCUT2D eigenvalue weighted by molar-refractivity contribution is 7.98. The van der Waals surface area contributed by atoms with Crippen LogP contribution in [0.15, 0.2) is 66.7 Å². The number of methoxy groups -OCH3 is 1. The van der Waals surface area contributed by atoms with Gasteiger partial charge in [-0.2, -0.15) is 16.9 Å². The summed E-state index contributed by atoms with van der Waals surface area (Å²) in [7, 11) is 1.65. The van der Waals surface area contributed by atoms with Crippen molar-refractivity contribution < 1.29 is 9.53 Å². The Bertz CT molecular complexity index is 1230. The fourth-order valence-corrected chi connectivity index (χ4v) is 4.88. The molecule has 0 atom stereocenters. The second-order valence-corrected chi connectivity index (χ2v) is 8.23. The van der Waals surface area contributed by atoms with Crippen molar-refractivity contribution in [1.29, 1.82) is 0 Å². The van der Waals surface area contributed by atoms with Crippen LogP contribution in [0.1, 0.15) is 16.8 Å². The van der Waals surface area contributed by atoms with Crippen molar-refractivity contribution in [3.05, 3.63) is 83.6 Å². The number of aromatic nitrogens is 2. The summed E-state index contributed by atoms with van der Waals surface area (Å²) in [6.07, 6.45) is 0.317. The van der Waals surface area contributed by atoms with Crippen LogP contribution in [0.2, 0.25) is 0 Å². The molecule has 0 bridgehead atoms. The minimum atomic E-state index is -0.0410. The van der Waals surface area contributed by atoms with Crippen LogP contribution in [0.5, 0.6) is 5.75 Å². The fraction of sp³-hybridized carbons (Fsp3) is 0.167. The summed E-state index contributed by atoms with van der Waals surface area (Å²) in [5.41, 5.74) is 4.07. The topological polar surface area (TPSA) is 56.1 Å². The van der Waals surface area contributed by atoms with Crippen LogP contribution in [-0.4, -0.2) is 22.8 Å². The number of carbonyl (C=O) groups is 1. The van der Waals surface area contributed by atoms with Crippen molar-refractivity contribution in [2.45, 2.75) is 17.9 Å². The molecule has 1 N–H and O–H groups in total. The first-order valence-electron chi connectivity index (χ1n) is 9.82. The third-order valence-corrected chi connectivity index (χ3v) is 6.33. The summed E-state index contributed by atoms with van der Waals surface area (Å²) < 4.78 is 7.10. The predicted molar refractivity (Wildman–Crippen MR) is 121 cm³/mol. The van der Waals surface area contributed by atoms with Crippen LogP contribution >= 0.6 is 11.8 Å². The van der Waals surface area contributed by atoms with E-state index in [1.165, 1.54) is 0 Å². The number of anilines is 1. The molecule has 6 heteroatoms. The van der Waals surface area contributed by atoms with Crippen LogP contribution in [0.25, 0.3) is 16.5 Å². The average Bonchev–Trinajstić information content (AvgIpc) is 3.37. The minimum absolute atomic E-state index is 0.0410. The van der Waals surface area contributed by atoms with Gasteiger partial charge >= 0.3 is 0 Å². The molecule has 4 aromatic rings. The molecule has 0 fully saturated rings. The van der Waals surface area contributed by atoms with Crippen LogP contribution in [0, 0.1) is 0 Å². The first-order valence-corrected chi connectivity index (χ1v) is 11.0. The van der Waals surface area contributed by atoms with Gasteiger partial charge in [-0.25, -0.2) is 4.68 Å². The number of thioether (sulfide) groups is 1. The first kappa shape index (κ1) is 18.8. The molecule has 0 radical (unpaired) electrons. The van der Waals surface area contributed by atoms with Crippen LogP contribution in [0.4, 0.5) is 5.82 Å². The number of hydrogen-bond donors (Lipinski definition) is 1. The Kier molecular flexibility index (Phi) is 4.93. The minimum Gasteiger partial charge on any atom is -0.497 e. The molecule has 3 aromatic carbocycles. The molecule has 1 aliphatic rings. The van der Waals surface area contributed by atoms with E-state index in [-0.39, 0.29) is 5.91 Å². The summed E-state index contributed by atoms with van der Waals surface area (Å²) in [6, 6.07) is 21.9. The Labute approximate surface area is 179 Å². The van der Waals surface area contributed by atoms with Gasteiger partial charge in [0.25, 0.3) is 0 Å². The van der Waals surface area contributed by atoms with Gasteiger partial charge in [-0.1, -0.05) is 42.5 Å². The summed E-state index contributed by atoms with van der Waals surface area (Å²) in [5.74, 6) is 3.24. The second-order valence-electron chi connectivity index (χ2n) is 7.24. The van der Waals surface area contributed by atoms with Gasteiger partial charge in [0, 0.05) is 17.1 Å². The summed E-state index contributed by atoms with van der Waals surface area (Å²) in [5, 5.41) is 10.2. The fourth-order valence-electron chi connectivity index (χ4n) is 3.85. The maximum atomic E-state index is 13.0. The van der Waals surface area contributed by atoms with E-state index in [9.17, 15) is 4.79 Å². The standard InChI is InChI=1S/C24H21N3O2S/c1-29-19-11-9-18(10-12-19)27-24(21-14-30-15-22(21)26-27)25-23(28)13-17-7-4-6-16-5-2-3-8-20(16)17/h2-12H,13-15H2,1H3,(H,25,28). The van der Waals surface area contributed by atoms with E-state index in [0.717, 1.165) is 56.4 Å². The van der Waals surface area contributed by atoms with Gasteiger partial charge in [-0.15, -0.1) is 0 Å². The van der Waals surface area contributed by atoms with Gasteiger partial charge in [0.2, 0.25) is 5.91 Å². The first-order chi connectivity index (χ1) is 14.7. The maximum Gasteiger partial charge on any atom is 0.229 e. The molecule has 30 heavy (non-hydrogen) atoms. The molecule has 0 unspecified atom stereocenters. The van der Waals surface area contributed by atoms with Crippen LogP contribution in [0.3, 0.4) is 0 Å². The molecular formula is C24H21N3O2S. The Morgan fingerprint density at radius 2 is 1.87 bits per heavy atom. The number of fused-ring (bicyclic) bond motifs is 2. The second kappa shape index (κ2) is 7.88. The van der Waals surface area contributed by atoms with Crippen molar-refractivity contribution in [3.63, 3.8) is 0 Å². The van der Waals surface area contributed by atoms with Gasteiger partial charge in [-0.3, -0.25) is 4.79 Å². The summed E-state index contributed by atoms with van der Waals surface area (Å²) >= 11 is 1.82. The van der Waals surface area contributed by atoms with Gasteiger partial charge in [0.1, 0.15) is 11.6 Å². The predicted octanol–water partition coefficient (Wildman–Crippen LogP) is 4.96. The lowest BCUT2D eigenvalue weighted by Crippen LogP contribution is -2.18. The normalized spacial score (nSPS) is 12.7. The highest BCUT2D eigenvalue weighted by atomic mass is 32.2. The molecule has 5 rings (SSSR count). The highest BCUT2D eigenvalue weighted by Gasteiger charge is 2.25. The van der Waals surface area contributed by atoms with Crippen molar-refractivity contribution in [2.75, 3.05) is 12.4 Å². The number of hydrogen-bond acceptors (Lipinski definition) is 4. The maximum absolute atomic E-state index is 13.0. The van der Waals surface area contributed by atoms with Gasteiger partial charge in [0.15, 0.2) is 0 Å². The number of benzene rings is 3. The van der Waals surface area contributed by atoms with Crippen molar-refractivity contribution in [1.82, 2.24) is 9.78 Å². The van der Waals surface area contributed by atoms with Crippen molar-refractivity contribution >= 4 is 34.3 Å². The van der Waals surface area contributed by atoms with Gasteiger partial charge in [-0.05, 0) is 40.6 Å². The quantitative estimate of drug-likeness (QED) is 0.500. The van der Waals surface area contributed by atoms with Gasteiger partial charge in [0.05, 0.1) is 24.9 Å². The summed E-state index contributed by atoms with van der Waals surface area (Å²) in [4.78, 5) is 13.0. The third-order valence-electron chi connectivity index (χ3n) is 5.36. The Morgan fingerprint density at radius 1 is 1.07 bits per heavy atom.